The lowest BCUT2D eigenvalue weighted by atomic mass is 10.0. The van der Waals surface area contributed by atoms with E-state index in [-0.39, 0.29) is 18.8 Å². The van der Waals surface area contributed by atoms with Crippen molar-refractivity contribution >= 4 is 11.9 Å². The molecule has 26 heavy (non-hydrogen) atoms. The summed E-state index contributed by atoms with van der Waals surface area (Å²) in [5.41, 5.74) is 2.76. The molecule has 2 aromatic rings. The Morgan fingerprint density at radius 3 is 2.23 bits per heavy atom. The van der Waals surface area contributed by atoms with Crippen molar-refractivity contribution in [3.63, 3.8) is 0 Å². The summed E-state index contributed by atoms with van der Waals surface area (Å²) >= 11 is 0. The molecule has 0 bridgehead atoms. The van der Waals surface area contributed by atoms with Crippen molar-refractivity contribution in [1.82, 2.24) is 0 Å². The van der Waals surface area contributed by atoms with Crippen LogP contribution < -0.4 is 0 Å². The van der Waals surface area contributed by atoms with E-state index in [1.165, 1.54) is 6.92 Å². The van der Waals surface area contributed by atoms with Gasteiger partial charge in [-0.2, -0.15) is 4.89 Å². The second-order valence-corrected chi connectivity index (χ2v) is 5.72. The fraction of sp³-hybridized carbons (Fsp3) is 0.200. The van der Waals surface area contributed by atoms with Gasteiger partial charge in [0, 0.05) is 18.6 Å². The minimum absolute atomic E-state index is 0.0225. The number of carboxylic acids is 1. The Bertz CT molecular complexity index is 765. The van der Waals surface area contributed by atoms with Gasteiger partial charge in [-0.1, -0.05) is 61.5 Å². The number of hydrogen-bond donors (Lipinski definition) is 2. The first-order valence-corrected chi connectivity index (χ1v) is 8.04. The Hall–Kier alpha value is -2.96. The maximum absolute atomic E-state index is 11.9. The zero-order chi connectivity index (χ0) is 18.9. The van der Waals surface area contributed by atoms with E-state index >= 15 is 0 Å². The molecule has 1 unspecified atom stereocenters. The van der Waals surface area contributed by atoms with Crippen molar-refractivity contribution in [3.05, 3.63) is 71.8 Å². The zero-order valence-corrected chi connectivity index (χ0v) is 14.3. The molecule has 0 aliphatic heterocycles. The van der Waals surface area contributed by atoms with E-state index in [2.05, 4.69) is 4.89 Å². The monoisotopic (exact) mass is 356 g/mol. The summed E-state index contributed by atoms with van der Waals surface area (Å²) in [6.07, 6.45) is 0.710. The largest absolute Gasteiger partial charge is 0.478 e. The van der Waals surface area contributed by atoms with E-state index in [0.29, 0.717) is 6.08 Å². The van der Waals surface area contributed by atoms with Crippen LogP contribution in [0, 0.1) is 5.92 Å². The molecule has 2 aromatic carbocycles. The van der Waals surface area contributed by atoms with Crippen LogP contribution in [0.15, 0.2) is 66.2 Å². The molecule has 0 amide bonds. The molecule has 0 spiro atoms. The number of aliphatic carboxylic acids is 1. The van der Waals surface area contributed by atoms with Crippen LogP contribution in [0.25, 0.3) is 11.1 Å². The molecule has 136 valence electrons. The predicted molar refractivity (Wildman–Crippen MR) is 94.7 cm³/mol. The average Bonchev–Trinajstić information content (AvgIpc) is 2.66. The Labute approximate surface area is 151 Å². The number of aliphatic hydroxyl groups is 1. The highest BCUT2D eigenvalue weighted by molar-refractivity contribution is 5.95. The molecule has 0 aliphatic carbocycles. The number of carbonyl (C=O) groups is 2. The number of carbonyl (C=O) groups excluding carboxylic acids is 1. The third kappa shape index (κ3) is 5.54. The smallest absolute Gasteiger partial charge is 0.369 e. The molecule has 2 N–H and O–H groups in total. The van der Waals surface area contributed by atoms with E-state index in [0.717, 1.165) is 16.7 Å². The summed E-state index contributed by atoms with van der Waals surface area (Å²) in [4.78, 5) is 32.3. The molecule has 0 saturated heterocycles. The Balaban J connectivity index is 1.92. The third-order valence-electron chi connectivity index (χ3n) is 3.74. The molecule has 0 heterocycles. The second kappa shape index (κ2) is 9.50. The van der Waals surface area contributed by atoms with Crippen molar-refractivity contribution in [2.45, 2.75) is 13.5 Å². The Morgan fingerprint density at radius 1 is 1.04 bits per heavy atom. The van der Waals surface area contributed by atoms with Crippen LogP contribution >= 0.6 is 0 Å². The van der Waals surface area contributed by atoms with Crippen molar-refractivity contribution in [2.75, 3.05) is 6.61 Å². The fourth-order valence-electron chi connectivity index (χ4n) is 2.26. The van der Waals surface area contributed by atoms with Crippen molar-refractivity contribution in [2.24, 2.45) is 5.92 Å². The van der Waals surface area contributed by atoms with Crippen molar-refractivity contribution < 1.29 is 29.6 Å². The minimum atomic E-state index is -1.30. The molecule has 0 aromatic heterocycles. The van der Waals surface area contributed by atoms with Gasteiger partial charge >= 0.3 is 11.9 Å². The maximum atomic E-state index is 11.9. The molecule has 2 rings (SSSR count). The highest BCUT2D eigenvalue weighted by Crippen LogP contribution is 2.19. The molecule has 0 saturated carbocycles. The van der Waals surface area contributed by atoms with Gasteiger partial charge in [-0.15, -0.1) is 0 Å². The quantitative estimate of drug-likeness (QED) is 0.429. The molecular formula is C20H20O6. The van der Waals surface area contributed by atoms with E-state index in [1.807, 2.05) is 54.6 Å². The average molecular weight is 356 g/mol. The van der Waals surface area contributed by atoms with Gasteiger partial charge in [0.2, 0.25) is 0 Å². The van der Waals surface area contributed by atoms with Crippen LogP contribution in [0.2, 0.25) is 0 Å². The van der Waals surface area contributed by atoms with E-state index in [9.17, 15) is 9.59 Å². The van der Waals surface area contributed by atoms with Crippen LogP contribution in [0.4, 0.5) is 0 Å². The fourth-order valence-corrected chi connectivity index (χ4v) is 2.26. The lowest BCUT2D eigenvalue weighted by Crippen LogP contribution is -2.18. The first kappa shape index (κ1) is 19.4. The van der Waals surface area contributed by atoms with Crippen LogP contribution in [-0.2, 0) is 26.0 Å². The Morgan fingerprint density at radius 2 is 1.65 bits per heavy atom. The zero-order valence-electron chi connectivity index (χ0n) is 14.3. The van der Waals surface area contributed by atoms with Crippen LogP contribution in [0.3, 0.4) is 0 Å². The van der Waals surface area contributed by atoms with Gasteiger partial charge in [-0.3, -0.25) is 4.89 Å². The highest BCUT2D eigenvalue weighted by atomic mass is 17.2. The number of benzene rings is 2. The molecular weight excluding hydrogens is 336 g/mol. The molecule has 0 aliphatic rings. The minimum Gasteiger partial charge on any atom is -0.478 e. The van der Waals surface area contributed by atoms with Crippen molar-refractivity contribution in [1.29, 1.82) is 0 Å². The maximum Gasteiger partial charge on any atom is 0.369 e. The highest BCUT2D eigenvalue weighted by Gasteiger charge is 2.20. The number of rotatable bonds is 8. The standard InChI is InChI=1S/C20H20O6/c1-14(12-21)18(11-19(22)23)20(24)26-25-13-15-7-9-17(10-8-15)16-5-3-2-4-6-16/h2-11,14,21H,12-13H2,1H3,(H,22,23)/b18-11-. The van der Waals surface area contributed by atoms with Gasteiger partial charge in [0.05, 0.1) is 5.57 Å². The summed E-state index contributed by atoms with van der Waals surface area (Å²) in [7, 11) is 0. The third-order valence-corrected chi connectivity index (χ3v) is 3.74. The summed E-state index contributed by atoms with van der Waals surface area (Å²) < 4.78 is 0. The summed E-state index contributed by atoms with van der Waals surface area (Å²) in [5, 5.41) is 17.9. The molecule has 1 atom stereocenters. The first-order valence-electron chi connectivity index (χ1n) is 8.04. The summed E-state index contributed by atoms with van der Waals surface area (Å²) in [6, 6.07) is 17.4. The van der Waals surface area contributed by atoms with Gasteiger partial charge in [0.25, 0.3) is 0 Å². The normalized spacial score (nSPS) is 12.5. The SMILES string of the molecule is CC(CO)/C(=C/C(=O)O)C(=O)OOCc1ccc(-c2ccccc2)cc1. The Kier molecular flexibility index (Phi) is 7.08. The summed E-state index contributed by atoms with van der Waals surface area (Å²) in [6.45, 7) is 1.15. The van der Waals surface area contributed by atoms with Gasteiger partial charge in [-0.25, -0.2) is 9.59 Å². The van der Waals surface area contributed by atoms with E-state index < -0.39 is 17.9 Å². The topological polar surface area (TPSA) is 93.1 Å². The lowest BCUT2D eigenvalue weighted by molar-refractivity contribution is -0.276. The number of aliphatic hydroxyl groups excluding tert-OH is 1. The van der Waals surface area contributed by atoms with Gasteiger partial charge in [0.15, 0.2) is 0 Å². The number of carboxylic acid groups (broad SMARTS) is 1. The van der Waals surface area contributed by atoms with Crippen LogP contribution in [-0.4, -0.2) is 28.8 Å². The van der Waals surface area contributed by atoms with Gasteiger partial charge < -0.3 is 10.2 Å². The van der Waals surface area contributed by atoms with E-state index in [4.69, 9.17) is 15.1 Å². The van der Waals surface area contributed by atoms with Crippen LogP contribution in [0.5, 0.6) is 0 Å². The molecule has 0 radical (unpaired) electrons. The number of hydrogen-bond acceptors (Lipinski definition) is 5. The van der Waals surface area contributed by atoms with Gasteiger partial charge in [-0.05, 0) is 16.7 Å². The molecule has 0 fully saturated rings. The lowest BCUT2D eigenvalue weighted by Gasteiger charge is -2.11. The van der Waals surface area contributed by atoms with Crippen LogP contribution in [0.1, 0.15) is 12.5 Å². The molecule has 6 heteroatoms. The van der Waals surface area contributed by atoms with Crippen molar-refractivity contribution in [3.8, 4) is 11.1 Å². The molecule has 6 nitrogen and oxygen atoms in total. The predicted octanol–water partition coefficient (Wildman–Crippen LogP) is 2.97. The van der Waals surface area contributed by atoms with E-state index in [1.54, 1.807) is 0 Å². The summed E-state index contributed by atoms with van der Waals surface area (Å²) in [5.74, 6) is -2.91. The van der Waals surface area contributed by atoms with Gasteiger partial charge in [0.1, 0.15) is 6.61 Å². The first-order chi connectivity index (χ1) is 12.5. The second-order valence-electron chi connectivity index (χ2n) is 5.72.